The fourth-order valence-electron chi connectivity index (χ4n) is 1.73. The zero-order chi connectivity index (χ0) is 15.9. The maximum absolute atomic E-state index is 13.3. The fourth-order valence-corrected chi connectivity index (χ4v) is 2.22. The number of ether oxygens (including phenoxy) is 3. The average molecular weight is 369 g/mol. The van der Waals surface area contributed by atoms with Crippen molar-refractivity contribution < 1.29 is 23.4 Å². The van der Waals surface area contributed by atoms with E-state index in [2.05, 4.69) is 20.7 Å². The fraction of sp³-hybridized carbons (Fsp3) is 0.188. The predicted octanol–water partition coefficient (Wildman–Crippen LogP) is 3.83. The molecule has 0 fully saturated rings. The average Bonchev–Trinajstić information content (AvgIpc) is 2.53. The van der Waals surface area contributed by atoms with Crippen LogP contribution < -0.4 is 9.47 Å². The molecule has 0 atom stereocenters. The van der Waals surface area contributed by atoms with Crippen LogP contribution in [0.25, 0.3) is 0 Å². The van der Waals surface area contributed by atoms with Crippen LogP contribution in [0.3, 0.4) is 0 Å². The van der Waals surface area contributed by atoms with Crippen LogP contribution in [-0.4, -0.2) is 26.3 Å². The van der Waals surface area contributed by atoms with Gasteiger partial charge in [-0.05, 0) is 46.3 Å². The van der Waals surface area contributed by atoms with Gasteiger partial charge >= 0.3 is 5.97 Å². The van der Waals surface area contributed by atoms with E-state index in [-0.39, 0.29) is 19.0 Å². The highest BCUT2D eigenvalue weighted by atomic mass is 79.9. The molecule has 0 N–H and O–H groups in total. The lowest BCUT2D eigenvalue weighted by Crippen LogP contribution is -2.10. The first-order chi connectivity index (χ1) is 10.6. The number of halogens is 2. The van der Waals surface area contributed by atoms with Crippen molar-refractivity contribution in [2.45, 2.75) is 0 Å². The molecule has 2 rings (SSSR count). The van der Waals surface area contributed by atoms with Crippen molar-refractivity contribution in [3.05, 3.63) is 58.3 Å². The number of hydrogen-bond acceptors (Lipinski definition) is 4. The molecule has 22 heavy (non-hydrogen) atoms. The van der Waals surface area contributed by atoms with Crippen molar-refractivity contribution >= 4 is 21.9 Å². The van der Waals surface area contributed by atoms with E-state index in [1.165, 1.54) is 13.2 Å². The van der Waals surface area contributed by atoms with Gasteiger partial charge in [0.15, 0.2) is 11.6 Å². The van der Waals surface area contributed by atoms with Gasteiger partial charge in [0.1, 0.15) is 19.0 Å². The van der Waals surface area contributed by atoms with Crippen LogP contribution in [0.2, 0.25) is 0 Å². The van der Waals surface area contributed by atoms with E-state index in [0.29, 0.717) is 15.8 Å². The van der Waals surface area contributed by atoms with E-state index in [1.807, 2.05) is 0 Å². The maximum atomic E-state index is 13.3. The molecule has 0 unspecified atom stereocenters. The van der Waals surface area contributed by atoms with Crippen molar-refractivity contribution in [2.75, 3.05) is 20.3 Å². The Morgan fingerprint density at radius 1 is 1.09 bits per heavy atom. The van der Waals surface area contributed by atoms with Gasteiger partial charge in [-0.3, -0.25) is 0 Å². The third-order valence-corrected chi connectivity index (χ3v) is 3.41. The van der Waals surface area contributed by atoms with Crippen LogP contribution >= 0.6 is 15.9 Å². The van der Waals surface area contributed by atoms with E-state index in [1.54, 1.807) is 36.4 Å². The Morgan fingerprint density at radius 2 is 1.77 bits per heavy atom. The molecule has 2 aromatic rings. The van der Waals surface area contributed by atoms with Crippen LogP contribution in [-0.2, 0) is 4.74 Å². The summed E-state index contributed by atoms with van der Waals surface area (Å²) in [5, 5.41) is 0. The van der Waals surface area contributed by atoms with Gasteiger partial charge < -0.3 is 14.2 Å². The van der Waals surface area contributed by atoms with Gasteiger partial charge in [-0.1, -0.05) is 12.1 Å². The maximum Gasteiger partial charge on any atom is 0.337 e. The topological polar surface area (TPSA) is 44.8 Å². The molecule has 0 spiro atoms. The van der Waals surface area contributed by atoms with E-state index in [4.69, 9.17) is 9.47 Å². The summed E-state index contributed by atoms with van der Waals surface area (Å²) in [7, 11) is 1.32. The molecular weight excluding hydrogens is 355 g/mol. The quantitative estimate of drug-likeness (QED) is 0.574. The van der Waals surface area contributed by atoms with Crippen molar-refractivity contribution in [2.24, 2.45) is 0 Å². The van der Waals surface area contributed by atoms with Crippen LogP contribution in [0.4, 0.5) is 4.39 Å². The minimum absolute atomic E-state index is 0.186. The molecule has 0 radical (unpaired) electrons. The van der Waals surface area contributed by atoms with E-state index >= 15 is 0 Å². The van der Waals surface area contributed by atoms with Crippen molar-refractivity contribution in [3.63, 3.8) is 0 Å². The smallest absolute Gasteiger partial charge is 0.337 e. The normalized spacial score (nSPS) is 10.1. The zero-order valence-electron chi connectivity index (χ0n) is 11.8. The molecule has 4 nitrogen and oxygen atoms in total. The van der Waals surface area contributed by atoms with Gasteiger partial charge in [0.2, 0.25) is 0 Å². The molecule has 2 aromatic carbocycles. The highest BCUT2D eigenvalue weighted by Gasteiger charge is 2.09. The first-order valence-corrected chi connectivity index (χ1v) is 7.29. The number of benzene rings is 2. The lowest BCUT2D eigenvalue weighted by atomic mass is 10.2. The Morgan fingerprint density at radius 3 is 2.41 bits per heavy atom. The lowest BCUT2D eigenvalue weighted by molar-refractivity contribution is 0.0600. The van der Waals surface area contributed by atoms with Gasteiger partial charge in [0.25, 0.3) is 0 Å². The highest BCUT2D eigenvalue weighted by Crippen LogP contribution is 2.26. The molecule has 0 saturated carbocycles. The van der Waals surface area contributed by atoms with Crippen LogP contribution in [0.5, 0.6) is 11.5 Å². The van der Waals surface area contributed by atoms with Crippen LogP contribution in [0.15, 0.2) is 46.9 Å². The number of para-hydroxylation sites is 1. The molecule has 0 bridgehead atoms. The Balaban J connectivity index is 1.87. The Kier molecular flexibility index (Phi) is 5.77. The van der Waals surface area contributed by atoms with Crippen molar-refractivity contribution in [3.8, 4) is 11.5 Å². The van der Waals surface area contributed by atoms with Gasteiger partial charge in [-0.25, -0.2) is 9.18 Å². The first kappa shape index (κ1) is 16.3. The molecule has 0 amide bonds. The summed E-state index contributed by atoms with van der Waals surface area (Å²) in [6.45, 7) is 0.441. The predicted molar refractivity (Wildman–Crippen MR) is 82.9 cm³/mol. The summed E-state index contributed by atoms with van der Waals surface area (Å²) in [6.07, 6.45) is 0. The van der Waals surface area contributed by atoms with Crippen LogP contribution in [0.1, 0.15) is 10.4 Å². The van der Waals surface area contributed by atoms with Gasteiger partial charge in [0.05, 0.1) is 17.1 Å². The highest BCUT2D eigenvalue weighted by molar-refractivity contribution is 9.10. The summed E-state index contributed by atoms with van der Waals surface area (Å²) in [6, 6.07) is 11.0. The van der Waals surface area contributed by atoms with Crippen LogP contribution in [0, 0.1) is 5.82 Å². The third-order valence-electron chi connectivity index (χ3n) is 2.79. The minimum Gasteiger partial charge on any atom is -0.489 e. The first-order valence-electron chi connectivity index (χ1n) is 6.50. The summed E-state index contributed by atoms with van der Waals surface area (Å²) in [5.74, 6) is -0.0859. The van der Waals surface area contributed by atoms with E-state index in [0.717, 1.165) is 0 Å². The third kappa shape index (κ3) is 4.21. The second kappa shape index (κ2) is 7.79. The number of methoxy groups -OCH3 is 1. The molecule has 0 saturated heterocycles. The summed E-state index contributed by atoms with van der Waals surface area (Å²) in [4.78, 5) is 11.4. The molecule has 0 heterocycles. The SMILES string of the molecule is COC(=O)c1ccc(OCCOc2ccccc2F)c(Br)c1. The Hall–Kier alpha value is -2.08. The molecule has 0 aliphatic carbocycles. The largest absolute Gasteiger partial charge is 0.489 e. The standard InChI is InChI=1S/C16H14BrFO4/c1-20-16(19)11-6-7-14(12(17)10-11)21-8-9-22-15-5-3-2-4-13(15)18/h2-7,10H,8-9H2,1H3. The number of rotatable bonds is 6. The molecule has 0 aromatic heterocycles. The van der Waals surface area contributed by atoms with E-state index in [9.17, 15) is 9.18 Å². The minimum atomic E-state index is -0.421. The number of hydrogen-bond donors (Lipinski definition) is 0. The van der Waals surface area contributed by atoms with Gasteiger partial charge in [-0.2, -0.15) is 0 Å². The molecule has 6 heteroatoms. The Labute approximate surface area is 135 Å². The second-order valence-corrected chi connectivity index (χ2v) is 5.12. The summed E-state index contributed by atoms with van der Waals surface area (Å²) < 4.78 is 29.4. The Bertz CT molecular complexity index is 660. The molecule has 116 valence electrons. The van der Waals surface area contributed by atoms with Gasteiger partial charge in [0, 0.05) is 0 Å². The number of esters is 1. The lowest BCUT2D eigenvalue weighted by Gasteiger charge is -2.10. The zero-order valence-corrected chi connectivity index (χ0v) is 13.4. The molecule has 0 aliphatic heterocycles. The molecular formula is C16H14BrFO4. The van der Waals surface area contributed by atoms with E-state index < -0.39 is 11.8 Å². The summed E-state index contributed by atoms with van der Waals surface area (Å²) >= 11 is 3.32. The van der Waals surface area contributed by atoms with Crippen molar-refractivity contribution in [1.29, 1.82) is 0 Å². The number of carbonyl (C=O) groups is 1. The summed E-state index contributed by atoms with van der Waals surface area (Å²) in [5.41, 5.74) is 0.421. The van der Waals surface area contributed by atoms with Crippen molar-refractivity contribution in [1.82, 2.24) is 0 Å². The monoisotopic (exact) mass is 368 g/mol. The second-order valence-electron chi connectivity index (χ2n) is 4.26. The van der Waals surface area contributed by atoms with Gasteiger partial charge in [-0.15, -0.1) is 0 Å². The number of carbonyl (C=O) groups excluding carboxylic acids is 1. The molecule has 0 aliphatic rings.